The zero-order valence-corrected chi connectivity index (χ0v) is 17.8. The van der Waals surface area contributed by atoms with Crippen LogP contribution in [0.25, 0.3) is 10.4 Å². The molecule has 0 spiro atoms. The standard InChI is InChI=1S/C22H28FN3OSi/c1-22(2,3)28(18-10-6-4-7-11-18,19-12-8-5-9-13-19)27-17-14-15-21(25-26-24)20(23)16-17/h4-13,17,20-21H,14-16H2,1-3H3/t17-,20-,21+/m1/s1. The van der Waals surface area contributed by atoms with Crippen LogP contribution in [0.1, 0.15) is 40.0 Å². The van der Waals surface area contributed by atoms with E-state index < -0.39 is 20.5 Å². The molecule has 1 aliphatic rings. The molecular formula is C22H28FN3OSi. The first kappa shape index (κ1) is 20.6. The van der Waals surface area contributed by atoms with Crippen molar-refractivity contribution in [1.82, 2.24) is 0 Å². The summed E-state index contributed by atoms with van der Waals surface area (Å²) in [5.41, 5.74) is 8.66. The van der Waals surface area contributed by atoms with E-state index in [1.54, 1.807) is 0 Å². The lowest BCUT2D eigenvalue weighted by molar-refractivity contribution is 0.0825. The predicted molar refractivity (Wildman–Crippen MR) is 114 cm³/mol. The topological polar surface area (TPSA) is 58.0 Å². The lowest BCUT2D eigenvalue weighted by Gasteiger charge is -2.46. The van der Waals surface area contributed by atoms with E-state index in [0.717, 1.165) is 0 Å². The summed E-state index contributed by atoms with van der Waals surface area (Å²) in [5, 5.41) is 5.88. The molecule has 3 rings (SSSR count). The number of benzene rings is 2. The first-order valence-corrected chi connectivity index (χ1v) is 11.8. The van der Waals surface area contributed by atoms with E-state index in [1.807, 2.05) is 36.4 Å². The van der Waals surface area contributed by atoms with E-state index in [9.17, 15) is 4.39 Å². The Morgan fingerprint density at radius 3 is 1.96 bits per heavy atom. The van der Waals surface area contributed by atoms with Crippen LogP contribution in [0.5, 0.6) is 0 Å². The molecule has 0 N–H and O–H groups in total. The number of hydrogen-bond donors (Lipinski definition) is 0. The van der Waals surface area contributed by atoms with Crippen LogP contribution in [0.15, 0.2) is 65.8 Å². The molecule has 0 saturated heterocycles. The van der Waals surface area contributed by atoms with Crippen molar-refractivity contribution in [1.29, 1.82) is 0 Å². The van der Waals surface area contributed by atoms with Crippen LogP contribution in [-0.2, 0) is 4.43 Å². The average Bonchev–Trinajstić information content (AvgIpc) is 2.68. The molecule has 0 amide bonds. The molecule has 1 aliphatic carbocycles. The Bertz CT molecular complexity index is 779. The molecule has 2 aromatic carbocycles. The maximum atomic E-state index is 14.6. The van der Waals surface area contributed by atoms with E-state index in [2.05, 4.69) is 55.1 Å². The number of nitrogens with zero attached hydrogens (tertiary/aromatic N) is 3. The van der Waals surface area contributed by atoms with E-state index in [-0.39, 0.29) is 17.6 Å². The maximum absolute atomic E-state index is 14.6. The Morgan fingerprint density at radius 1 is 1.00 bits per heavy atom. The number of azide groups is 1. The van der Waals surface area contributed by atoms with Crippen LogP contribution in [0.4, 0.5) is 4.39 Å². The summed E-state index contributed by atoms with van der Waals surface area (Å²) in [7, 11) is -2.68. The van der Waals surface area contributed by atoms with Crippen molar-refractivity contribution in [2.75, 3.05) is 0 Å². The van der Waals surface area contributed by atoms with Gasteiger partial charge in [-0.25, -0.2) is 4.39 Å². The summed E-state index contributed by atoms with van der Waals surface area (Å²) in [5.74, 6) is 0. The minimum Gasteiger partial charge on any atom is -0.404 e. The number of halogens is 1. The highest BCUT2D eigenvalue weighted by Gasteiger charge is 2.52. The molecule has 0 aliphatic heterocycles. The van der Waals surface area contributed by atoms with Gasteiger partial charge >= 0.3 is 0 Å². The van der Waals surface area contributed by atoms with E-state index in [1.165, 1.54) is 10.4 Å². The fraction of sp³-hybridized carbons (Fsp3) is 0.455. The van der Waals surface area contributed by atoms with Crippen molar-refractivity contribution in [3.05, 3.63) is 71.1 Å². The van der Waals surface area contributed by atoms with Gasteiger partial charge in [0.15, 0.2) is 0 Å². The smallest absolute Gasteiger partial charge is 0.261 e. The van der Waals surface area contributed by atoms with Gasteiger partial charge in [-0.2, -0.15) is 0 Å². The SMILES string of the molecule is CC(C)(C)[Si](O[C@@H]1CC[C@H](N=[N+]=[N-])[C@H](F)C1)(c1ccccc1)c1ccccc1. The summed E-state index contributed by atoms with van der Waals surface area (Å²) >= 11 is 0. The van der Waals surface area contributed by atoms with Crippen molar-refractivity contribution in [3.8, 4) is 0 Å². The van der Waals surface area contributed by atoms with Crippen LogP contribution in [0.3, 0.4) is 0 Å². The Balaban J connectivity index is 2.03. The summed E-state index contributed by atoms with van der Waals surface area (Å²) < 4.78 is 21.6. The van der Waals surface area contributed by atoms with Gasteiger partial charge in [-0.15, -0.1) is 0 Å². The van der Waals surface area contributed by atoms with E-state index in [4.69, 9.17) is 9.96 Å². The van der Waals surface area contributed by atoms with Gasteiger partial charge < -0.3 is 4.43 Å². The fourth-order valence-electron chi connectivity index (χ4n) is 4.31. The predicted octanol–water partition coefficient (Wildman–Crippen LogP) is 5.13. The molecule has 0 unspecified atom stereocenters. The molecule has 6 heteroatoms. The minimum atomic E-state index is -2.68. The van der Waals surface area contributed by atoms with Gasteiger partial charge in [0, 0.05) is 17.4 Å². The molecular weight excluding hydrogens is 369 g/mol. The highest BCUT2D eigenvalue weighted by Crippen LogP contribution is 2.39. The lowest BCUT2D eigenvalue weighted by Crippen LogP contribution is -2.68. The molecule has 0 aromatic heterocycles. The van der Waals surface area contributed by atoms with Crippen molar-refractivity contribution in [2.24, 2.45) is 5.11 Å². The molecule has 1 fully saturated rings. The van der Waals surface area contributed by atoms with Gasteiger partial charge in [-0.3, -0.25) is 0 Å². The molecule has 3 atom stereocenters. The van der Waals surface area contributed by atoms with Gasteiger partial charge in [-0.05, 0) is 33.8 Å². The second-order valence-corrected chi connectivity index (χ2v) is 12.8. The van der Waals surface area contributed by atoms with Crippen molar-refractivity contribution < 1.29 is 8.82 Å². The number of rotatable bonds is 5. The van der Waals surface area contributed by atoms with Crippen LogP contribution >= 0.6 is 0 Å². The maximum Gasteiger partial charge on any atom is 0.261 e. The Morgan fingerprint density at radius 2 is 1.54 bits per heavy atom. The zero-order chi connectivity index (χ0) is 20.2. The largest absolute Gasteiger partial charge is 0.404 e. The quantitative estimate of drug-likeness (QED) is 0.298. The summed E-state index contributed by atoms with van der Waals surface area (Å²) in [6.45, 7) is 6.66. The van der Waals surface area contributed by atoms with Crippen LogP contribution < -0.4 is 10.4 Å². The van der Waals surface area contributed by atoms with Gasteiger partial charge in [0.2, 0.25) is 0 Å². The Hall–Kier alpha value is -2.14. The third-order valence-electron chi connectivity index (χ3n) is 5.65. The van der Waals surface area contributed by atoms with Crippen molar-refractivity contribution in [2.45, 2.75) is 63.4 Å². The first-order valence-electron chi connectivity index (χ1n) is 9.85. The number of alkyl halides is 1. The third-order valence-corrected chi connectivity index (χ3v) is 10.7. The molecule has 28 heavy (non-hydrogen) atoms. The number of hydrogen-bond acceptors (Lipinski definition) is 2. The van der Waals surface area contributed by atoms with E-state index >= 15 is 0 Å². The molecule has 0 heterocycles. The van der Waals surface area contributed by atoms with Crippen LogP contribution in [-0.4, -0.2) is 26.6 Å². The second kappa shape index (κ2) is 8.48. The van der Waals surface area contributed by atoms with Gasteiger partial charge in [0.25, 0.3) is 8.32 Å². The average molecular weight is 398 g/mol. The minimum absolute atomic E-state index is 0.136. The van der Waals surface area contributed by atoms with Crippen molar-refractivity contribution in [3.63, 3.8) is 0 Å². The van der Waals surface area contributed by atoms with Gasteiger partial charge in [-0.1, -0.05) is 86.5 Å². The Kier molecular flexibility index (Phi) is 6.23. The normalized spacial score (nSPS) is 23.1. The summed E-state index contributed by atoms with van der Waals surface area (Å²) in [6.07, 6.45) is 0.149. The Labute approximate surface area is 167 Å². The molecule has 148 valence electrons. The molecule has 2 aromatic rings. The van der Waals surface area contributed by atoms with Crippen LogP contribution in [0.2, 0.25) is 5.04 Å². The molecule has 4 nitrogen and oxygen atoms in total. The van der Waals surface area contributed by atoms with Crippen molar-refractivity contribution >= 4 is 18.7 Å². The fourth-order valence-corrected chi connectivity index (χ4v) is 9.04. The highest BCUT2D eigenvalue weighted by molar-refractivity contribution is 6.99. The van der Waals surface area contributed by atoms with Gasteiger partial charge in [0.1, 0.15) is 6.17 Å². The third kappa shape index (κ3) is 3.99. The summed E-state index contributed by atoms with van der Waals surface area (Å²) in [4.78, 5) is 2.80. The highest BCUT2D eigenvalue weighted by atomic mass is 28.4. The van der Waals surface area contributed by atoms with E-state index in [0.29, 0.717) is 12.8 Å². The molecule has 0 bridgehead atoms. The first-order chi connectivity index (χ1) is 13.4. The molecule has 1 saturated carbocycles. The van der Waals surface area contributed by atoms with Crippen LogP contribution in [0, 0.1) is 0 Å². The second-order valence-electron chi connectivity index (χ2n) is 8.50. The summed E-state index contributed by atoms with van der Waals surface area (Å²) in [6, 6.07) is 20.2. The van der Waals surface area contributed by atoms with Gasteiger partial charge in [0.05, 0.1) is 6.04 Å². The molecule has 0 radical (unpaired) electrons. The monoisotopic (exact) mass is 397 g/mol. The lowest BCUT2D eigenvalue weighted by atomic mass is 9.92. The zero-order valence-electron chi connectivity index (χ0n) is 16.8.